The number of halogens is 3. The number of aryl methyl sites for hydroxylation is 1. The Labute approximate surface area is 227 Å². The molecular weight excluding hydrogens is 525 g/mol. The molecule has 3 amide bonds. The zero-order valence-electron chi connectivity index (χ0n) is 21.3. The van der Waals surface area contributed by atoms with E-state index in [-0.39, 0.29) is 36.7 Å². The van der Waals surface area contributed by atoms with Crippen LogP contribution >= 0.6 is 0 Å². The van der Waals surface area contributed by atoms with E-state index in [1.54, 1.807) is 18.2 Å². The lowest BCUT2D eigenvalue weighted by Gasteiger charge is -2.44. The summed E-state index contributed by atoms with van der Waals surface area (Å²) in [5, 5.41) is 2.73. The van der Waals surface area contributed by atoms with Crippen LogP contribution in [0.4, 0.5) is 24.7 Å². The number of pyridine rings is 1. The zero-order chi connectivity index (χ0) is 28.1. The number of nitrogens with zero attached hydrogens (tertiary/aromatic N) is 5. The Hall–Kier alpha value is -4.35. The topological polar surface area (TPSA) is 108 Å². The number of nitrogens with one attached hydrogen (secondary N) is 1. The highest BCUT2D eigenvalue weighted by Gasteiger charge is 2.57. The number of benzene rings is 1. The largest absolute Gasteiger partial charge is 0.351 e. The molecule has 40 heavy (non-hydrogen) atoms. The van der Waals surface area contributed by atoms with Gasteiger partial charge in [0.25, 0.3) is 17.7 Å². The maximum Gasteiger partial charge on any atom is 0.252 e. The van der Waals surface area contributed by atoms with Crippen LogP contribution in [-0.4, -0.2) is 50.7 Å². The van der Waals surface area contributed by atoms with E-state index in [0.29, 0.717) is 12.0 Å². The fourth-order valence-electron chi connectivity index (χ4n) is 6.06. The number of alkyl halides is 2. The van der Waals surface area contributed by atoms with Crippen LogP contribution in [0, 0.1) is 5.82 Å². The molecule has 1 saturated heterocycles. The molecular formula is C28H25F3N6O3. The molecule has 1 N–H and O–H groups in total. The third-order valence-corrected chi connectivity index (χ3v) is 7.86. The molecule has 206 valence electrons. The monoisotopic (exact) mass is 550 g/mol. The van der Waals surface area contributed by atoms with Crippen LogP contribution in [0.3, 0.4) is 0 Å². The van der Waals surface area contributed by atoms with E-state index in [2.05, 4.69) is 20.3 Å². The van der Waals surface area contributed by atoms with Crippen LogP contribution in [0.1, 0.15) is 43.2 Å². The number of anilines is 2. The number of carbonyl (C=O) groups is 3. The van der Waals surface area contributed by atoms with Gasteiger partial charge < -0.3 is 5.32 Å². The van der Waals surface area contributed by atoms with Crippen molar-refractivity contribution >= 4 is 29.2 Å². The molecule has 3 heterocycles. The van der Waals surface area contributed by atoms with Crippen LogP contribution in [0.2, 0.25) is 0 Å². The summed E-state index contributed by atoms with van der Waals surface area (Å²) in [4.78, 5) is 56.4. The van der Waals surface area contributed by atoms with E-state index >= 15 is 0 Å². The molecule has 6 rings (SSSR count). The lowest BCUT2D eigenvalue weighted by atomic mass is 9.83. The van der Waals surface area contributed by atoms with E-state index in [1.807, 2.05) is 6.07 Å². The standard InChI is InChI=1S/C28H25F3N6O3/c29-18-11-20(15-33-14-18)37(25(39)22-5-6-24(38)36(22)23-16-32-9-10-34-23)28(8-7-17-3-1-2-4-21(17)28)26(40)35-19-12-27(30,31)13-19/h1-4,9-11,14-16,19,22H,5-8,12-13H2,(H,35,40)/t22-,28-/m0/s1. The molecule has 2 fully saturated rings. The van der Waals surface area contributed by atoms with Crippen molar-refractivity contribution in [3.8, 4) is 0 Å². The van der Waals surface area contributed by atoms with E-state index in [1.165, 1.54) is 34.6 Å². The second kappa shape index (κ2) is 9.68. The molecule has 0 radical (unpaired) electrons. The summed E-state index contributed by atoms with van der Waals surface area (Å²) in [7, 11) is 0. The predicted octanol–water partition coefficient (Wildman–Crippen LogP) is 3.29. The van der Waals surface area contributed by atoms with Gasteiger partial charge in [-0.05, 0) is 30.4 Å². The molecule has 9 nitrogen and oxygen atoms in total. The van der Waals surface area contributed by atoms with Crippen molar-refractivity contribution < 1.29 is 27.6 Å². The number of rotatable bonds is 6. The van der Waals surface area contributed by atoms with Gasteiger partial charge in [-0.3, -0.25) is 34.2 Å². The first kappa shape index (κ1) is 25.9. The van der Waals surface area contributed by atoms with Crippen LogP contribution in [-0.2, 0) is 26.3 Å². The van der Waals surface area contributed by atoms with Gasteiger partial charge >= 0.3 is 0 Å². The van der Waals surface area contributed by atoms with Crippen molar-refractivity contribution in [2.75, 3.05) is 9.80 Å². The van der Waals surface area contributed by atoms with E-state index < -0.39 is 54.0 Å². The van der Waals surface area contributed by atoms with Crippen molar-refractivity contribution in [2.45, 2.75) is 62.1 Å². The minimum atomic E-state index is -2.87. The van der Waals surface area contributed by atoms with E-state index in [0.717, 1.165) is 17.8 Å². The SMILES string of the molecule is O=C1CC[C@@H](C(=O)N(c2cncc(F)c2)[C@@]2(C(=O)NC3CC(F)(F)C3)CCc3ccccc32)N1c1cnccn1. The maximum absolute atomic E-state index is 14.6. The Bertz CT molecular complexity index is 1480. The highest BCUT2D eigenvalue weighted by Crippen LogP contribution is 2.46. The Morgan fingerprint density at radius 1 is 1.05 bits per heavy atom. The minimum absolute atomic E-state index is 0.00855. The summed E-state index contributed by atoms with van der Waals surface area (Å²) in [5.41, 5.74) is -0.388. The Balaban J connectivity index is 1.49. The Morgan fingerprint density at radius 3 is 2.58 bits per heavy atom. The predicted molar refractivity (Wildman–Crippen MR) is 137 cm³/mol. The molecule has 1 saturated carbocycles. The van der Waals surface area contributed by atoms with Crippen LogP contribution in [0.5, 0.6) is 0 Å². The minimum Gasteiger partial charge on any atom is -0.351 e. The van der Waals surface area contributed by atoms with Gasteiger partial charge in [0.05, 0.1) is 24.3 Å². The summed E-state index contributed by atoms with van der Waals surface area (Å²) < 4.78 is 41.9. The van der Waals surface area contributed by atoms with Crippen molar-refractivity contribution in [3.05, 3.63) is 78.3 Å². The summed E-state index contributed by atoms with van der Waals surface area (Å²) in [6, 6.07) is 6.32. The fraction of sp³-hybridized carbons (Fsp3) is 0.357. The Kier molecular flexibility index (Phi) is 6.27. The average molecular weight is 551 g/mol. The second-order valence-corrected chi connectivity index (χ2v) is 10.4. The van der Waals surface area contributed by atoms with Gasteiger partial charge in [-0.25, -0.2) is 18.2 Å². The van der Waals surface area contributed by atoms with Crippen molar-refractivity contribution in [2.24, 2.45) is 0 Å². The first-order valence-electron chi connectivity index (χ1n) is 13.0. The highest BCUT2D eigenvalue weighted by molar-refractivity contribution is 6.12. The summed E-state index contributed by atoms with van der Waals surface area (Å²) in [5.74, 6) is -5.08. The van der Waals surface area contributed by atoms with Crippen molar-refractivity contribution in [1.82, 2.24) is 20.3 Å². The van der Waals surface area contributed by atoms with Crippen molar-refractivity contribution in [3.63, 3.8) is 0 Å². The molecule has 0 unspecified atom stereocenters. The number of hydrogen-bond donors (Lipinski definition) is 1. The van der Waals surface area contributed by atoms with Gasteiger partial charge in [-0.15, -0.1) is 0 Å². The van der Waals surface area contributed by atoms with E-state index in [9.17, 15) is 27.6 Å². The summed E-state index contributed by atoms with van der Waals surface area (Å²) in [6.07, 6.45) is 6.13. The number of aromatic nitrogens is 3. The third kappa shape index (κ3) is 4.27. The van der Waals surface area contributed by atoms with Gasteiger partial charge in [0.15, 0.2) is 11.4 Å². The lowest BCUT2D eigenvalue weighted by molar-refractivity contribution is -0.137. The molecule has 3 aliphatic rings. The number of fused-ring (bicyclic) bond motifs is 1. The molecule has 1 aliphatic heterocycles. The quantitative estimate of drug-likeness (QED) is 0.505. The second-order valence-electron chi connectivity index (χ2n) is 10.4. The first-order chi connectivity index (χ1) is 19.2. The molecule has 2 atom stereocenters. The maximum atomic E-state index is 14.6. The van der Waals surface area contributed by atoms with Gasteiger partial charge in [-0.2, -0.15) is 0 Å². The lowest BCUT2D eigenvalue weighted by Crippen LogP contribution is -2.64. The molecule has 12 heteroatoms. The molecule has 0 spiro atoms. The highest BCUT2D eigenvalue weighted by atomic mass is 19.3. The molecule has 2 aliphatic carbocycles. The van der Waals surface area contributed by atoms with Gasteiger partial charge in [-0.1, -0.05) is 24.3 Å². The summed E-state index contributed by atoms with van der Waals surface area (Å²) in [6.45, 7) is 0. The molecule has 3 aromatic rings. The van der Waals surface area contributed by atoms with Crippen LogP contribution in [0.25, 0.3) is 0 Å². The Morgan fingerprint density at radius 2 is 1.85 bits per heavy atom. The summed E-state index contributed by atoms with van der Waals surface area (Å²) >= 11 is 0. The molecule has 0 bridgehead atoms. The van der Waals surface area contributed by atoms with E-state index in [4.69, 9.17) is 0 Å². The number of hydrogen-bond acceptors (Lipinski definition) is 6. The normalized spacial score (nSPS) is 23.4. The fourth-order valence-corrected chi connectivity index (χ4v) is 6.06. The van der Waals surface area contributed by atoms with Gasteiger partial charge in [0.1, 0.15) is 11.9 Å². The average Bonchev–Trinajstić information content (AvgIpc) is 3.50. The molecule has 1 aromatic carbocycles. The van der Waals surface area contributed by atoms with Crippen LogP contribution in [0.15, 0.2) is 61.3 Å². The van der Waals surface area contributed by atoms with Crippen molar-refractivity contribution in [1.29, 1.82) is 0 Å². The first-order valence-corrected chi connectivity index (χ1v) is 13.0. The number of carbonyl (C=O) groups excluding carboxylic acids is 3. The smallest absolute Gasteiger partial charge is 0.252 e. The zero-order valence-corrected chi connectivity index (χ0v) is 21.3. The number of amides is 3. The van der Waals surface area contributed by atoms with Gasteiger partial charge in [0, 0.05) is 43.8 Å². The molecule has 2 aromatic heterocycles. The van der Waals surface area contributed by atoms with Gasteiger partial charge in [0.2, 0.25) is 5.91 Å². The van der Waals surface area contributed by atoms with Crippen LogP contribution < -0.4 is 15.1 Å². The third-order valence-electron chi connectivity index (χ3n) is 7.86.